The summed E-state index contributed by atoms with van der Waals surface area (Å²) in [6.45, 7) is 1.83. The molecule has 0 aliphatic carbocycles. The minimum Gasteiger partial charge on any atom is -0.371 e. The Bertz CT molecular complexity index is 772. The van der Waals surface area contributed by atoms with Gasteiger partial charge in [0.2, 0.25) is 0 Å². The number of hydrogen-bond donors (Lipinski definition) is 1. The first-order valence-electron chi connectivity index (χ1n) is 7.69. The van der Waals surface area contributed by atoms with Crippen LogP contribution in [0, 0.1) is 5.82 Å². The highest BCUT2D eigenvalue weighted by Crippen LogP contribution is 2.27. The van der Waals surface area contributed by atoms with E-state index in [2.05, 4.69) is 9.62 Å². The quantitative estimate of drug-likeness (QED) is 0.929. The molecule has 6 heteroatoms. The highest BCUT2D eigenvalue weighted by Gasteiger charge is 2.18. The van der Waals surface area contributed by atoms with Crippen LogP contribution in [0.15, 0.2) is 53.4 Å². The summed E-state index contributed by atoms with van der Waals surface area (Å²) in [6.07, 6.45) is 3.40. The average Bonchev–Trinajstić information content (AvgIpc) is 2.58. The fourth-order valence-corrected chi connectivity index (χ4v) is 3.82. The van der Waals surface area contributed by atoms with Gasteiger partial charge in [0.25, 0.3) is 10.0 Å². The van der Waals surface area contributed by atoms with Crippen LogP contribution >= 0.6 is 0 Å². The molecule has 4 nitrogen and oxygen atoms in total. The summed E-state index contributed by atoms with van der Waals surface area (Å²) in [5.41, 5.74) is 0.828. The molecule has 2 aromatic carbocycles. The molecule has 1 heterocycles. The van der Waals surface area contributed by atoms with E-state index in [1.54, 1.807) is 30.3 Å². The molecule has 0 amide bonds. The van der Waals surface area contributed by atoms with Gasteiger partial charge in [0, 0.05) is 18.8 Å². The third-order valence-electron chi connectivity index (χ3n) is 3.97. The highest BCUT2D eigenvalue weighted by molar-refractivity contribution is 7.92. The van der Waals surface area contributed by atoms with Crippen molar-refractivity contribution in [1.82, 2.24) is 0 Å². The normalized spacial score (nSPS) is 15.4. The number of rotatable bonds is 4. The largest absolute Gasteiger partial charge is 0.371 e. The molecule has 2 aromatic rings. The van der Waals surface area contributed by atoms with Crippen molar-refractivity contribution in [2.24, 2.45) is 0 Å². The maximum absolute atomic E-state index is 14.0. The molecule has 0 unspecified atom stereocenters. The summed E-state index contributed by atoms with van der Waals surface area (Å²) >= 11 is 0. The number of nitrogens with zero attached hydrogens (tertiary/aromatic N) is 1. The van der Waals surface area contributed by atoms with Gasteiger partial charge >= 0.3 is 0 Å². The van der Waals surface area contributed by atoms with Gasteiger partial charge in [0.1, 0.15) is 5.82 Å². The molecular formula is C17H19FN2O2S. The minimum atomic E-state index is -3.79. The second kappa shape index (κ2) is 6.58. The van der Waals surface area contributed by atoms with Crippen LogP contribution < -0.4 is 9.62 Å². The fourth-order valence-electron chi connectivity index (χ4n) is 2.74. The molecule has 1 aliphatic heterocycles. The van der Waals surface area contributed by atoms with Crippen molar-refractivity contribution in [2.45, 2.75) is 24.2 Å². The number of hydrogen-bond acceptors (Lipinski definition) is 3. The van der Waals surface area contributed by atoms with Gasteiger partial charge in [-0.25, -0.2) is 12.8 Å². The van der Waals surface area contributed by atoms with Crippen molar-refractivity contribution in [3.63, 3.8) is 0 Å². The first-order valence-corrected chi connectivity index (χ1v) is 9.17. The Balaban J connectivity index is 1.87. The topological polar surface area (TPSA) is 49.4 Å². The Labute approximate surface area is 136 Å². The molecule has 0 radical (unpaired) electrons. The van der Waals surface area contributed by atoms with Crippen LogP contribution in [0.25, 0.3) is 0 Å². The molecule has 23 heavy (non-hydrogen) atoms. The lowest BCUT2D eigenvalue weighted by atomic mass is 10.1. The van der Waals surface area contributed by atoms with E-state index in [-0.39, 0.29) is 10.6 Å². The molecule has 0 aromatic heterocycles. The van der Waals surface area contributed by atoms with Crippen LogP contribution in [0.2, 0.25) is 0 Å². The molecule has 1 aliphatic rings. The lowest BCUT2D eigenvalue weighted by Crippen LogP contribution is -2.29. The van der Waals surface area contributed by atoms with Crippen LogP contribution in [-0.4, -0.2) is 21.5 Å². The SMILES string of the molecule is O=S(=O)(Nc1cc(N2CCCCC2)ccc1F)c1ccccc1. The molecular weight excluding hydrogens is 315 g/mol. The van der Waals surface area contributed by atoms with E-state index in [1.807, 2.05) is 0 Å². The molecule has 1 fully saturated rings. The van der Waals surface area contributed by atoms with Crippen LogP contribution in [0.3, 0.4) is 0 Å². The van der Waals surface area contributed by atoms with Gasteiger partial charge in [-0.2, -0.15) is 0 Å². The predicted molar refractivity (Wildman–Crippen MR) is 89.7 cm³/mol. The molecule has 1 N–H and O–H groups in total. The Kier molecular flexibility index (Phi) is 4.52. The maximum Gasteiger partial charge on any atom is 0.261 e. The van der Waals surface area contributed by atoms with E-state index in [1.165, 1.54) is 24.6 Å². The first kappa shape index (κ1) is 15.8. The molecule has 0 atom stereocenters. The first-order chi connectivity index (χ1) is 11.1. The highest BCUT2D eigenvalue weighted by atomic mass is 32.2. The summed E-state index contributed by atoms with van der Waals surface area (Å²) in [6, 6.07) is 12.5. The number of nitrogens with one attached hydrogen (secondary N) is 1. The molecule has 0 spiro atoms. The van der Waals surface area contributed by atoms with E-state index in [4.69, 9.17) is 0 Å². The lowest BCUT2D eigenvalue weighted by molar-refractivity contribution is 0.576. The Morgan fingerprint density at radius 2 is 1.65 bits per heavy atom. The zero-order valence-electron chi connectivity index (χ0n) is 12.7. The van der Waals surface area contributed by atoms with E-state index in [9.17, 15) is 12.8 Å². The van der Waals surface area contributed by atoms with Gasteiger partial charge in [-0.15, -0.1) is 0 Å². The summed E-state index contributed by atoms with van der Waals surface area (Å²) in [7, 11) is -3.79. The van der Waals surface area contributed by atoms with E-state index in [0.29, 0.717) is 0 Å². The summed E-state index contributed by atoms with van der Waals surface area (Å²) in [5.74, 6) is -0.578. The molecule has 0 saturated carbocycles. The third kappa shape index (κ3) is 3.64. The molecule has 1 saturated heterocycles. The third-order valence-corrected chi connectivity index (χ3v) is 5.35. The predicted octanol–water partition coefficient (Wildman–Crippen LogP) is 3.62. The summed E-state index contributed by atoms with van der Waals surface area (Å²) < 4.78 is 41.1. The number of sulfonamides is 1. The second-order valence-electron chi connectivity index (χ2n) is 5.63. The number of halogens is 1. The standard InChI is InChI=1S/C17H19FN2O2S/c18-16-10-9-14(20-11-5-2-6-12-20)13-17(16)19-23(21,22)15-7-3-1-4-8-15/h1,3-4,7-10,13,19H,2,5-6,11-12H2. The fraction of sp³-hybridized carbons (Fsp3) is 0.294. The zero-order valence-corrected chi connectivity index (χ0v) is 13.5. The van der Waals surface area contributed by atoms with E-state index >= 15 is 0 Å². The molecule has 3 rings (SSSR count). The zero-order chi connectivity index (χ0) is 16.3. The van der Waals surface area contributed by atoms with Crippen molar-refractivity contribution in [3.8, 4) is 0 Å². The van der Waals surface area contributed by atoms with Crippen molar-refractivity contribution < 1.29 is 12.8 Å². The van der Waals surface area contributed by atoms with E-state index in [0.717, 1.165) is 31.6 Å². The number of benzene rings is 2. The van der Waals surface area contributed by atoms with Crippen molar-refractivity contribution in [2.75, 3.05) is 22.7 Å². The smallest absolute Gasteiger partial charge is 0.261 e. The van der Waals surface area contributed by atoms with Crippen LogP contribution in [0.5, 0.6) is 0 Å². The number of anilines is 2. The van der Waals surface area contributed by atoms with Crippen LogP contribution in [0.1, 0.15) is 19.3 Å². The average molecular weight is 334 g/mol. The van der Waals surface area contributed by atoms with Gasteiger partial charge in [-0.05, 0) is 49.6 Å². The van der Waals surface area contributed by atoms with Crippen LogP contribution in [-0.2, 0) is 10.0 Å². The molecule has 122 valence electrons. The summed E-state index contributed by atoms with van der Waals surface area (Å²) in [5, 5.41) is 0. The van der Waals surface area contributed by atoms with Crippen LogP contribution in [0.4, 0.5) is 15.8 Å². The number of piperidine rings is 1. The van der Waals surface area contributed by atoms with E-state index < -0.39 is 15.8 Å². The van der Waals surface area contributed by atoms with Gasteiger partial charge in [0.05, 0.1) is 10.6 Å². The van der Waals surface area contributed by atoms with Crippen molar-refractivity contribution >= 4 is 21.4 Å². The Morgan fingerprint density at radius 3 is 2.35 bits per heavy atom. The maximum atomic E-state index is 14.0. The Morgan fingerprint density at radius 1 is 0.957 bits per heavy atom. The van der Waals surface area contributed by atoms with Gasteiger partial charge < -0.3 is 4.90 Å². The van der Waals surface area contributed by atoms with Crippen molar-refractivity contribution in [3.05, 3.63) is 54.3 Å². The van der Waals surface area contributed by atoms with Gasteiger partial charge in [-0.3, -0.25) is 4.72 Å². The minimum absolute atomic E-state index is 0.0167. The second-order valence-corrected chi connectivity index (χ2v) is 7.31. The molecule has 0 bridgehead atoms. The van der Waals surface area contributed by atoms with Gasteiger partial charge in [0.15, 0.2) is 0 Å². The monoisotopic (exact) mass is 334 g/mol. The van der Waals surface area contributed by atoms with Gasteiger partial charge in [-0.1, -0.05) is 18.2 Å². The summed E-state index contributed by atoms with van der Waals surface area (Å²) in [4.78, 5) is 2.27. The Hall–Kier alpha value is -2.08. The van der Waals surface area contributed by atoms with Crippen molar-refractivity contribution in [1.29, 1.82) is 0 Å². The lowest BCUT2D eigenvalue weighted by Gasteiger charge is -2.29.